The molecular formula is C14H15BrClNO3. The van der Waals surface area contributed by atoms with E-state index in [1.165, 1.54) is 0 Å². The number of aliphatic carboxylic acids is 1. The Morgan fingerprint density at radius 3 is 2.80 bits per heavy atom. The van der Waals surface area contributed by atoms with Crippen molar-refractivity contribution >= 4 is 39.4 Å². The molecule has 0 radical (unpaired) electrons. The van der Waals surface area contributed by atoms with Crippen LogP contribution in [0.1, 0.15) is 36.0 Å². The van der Waals surface area contributed by atoms with Crippen molar-refractivity contribution in [3.8, 4) is 0 Å². The molecule has 6 heteroatoms. The number of hydrogen-bond donors (Lipinski definition) is 1. The van der Waals surface area contributed by atoms with Crippen LogP contribution in [0, 0.1) is 0 Å². The van der Waals surface area contributed by atoms with Crippen LogP contribution in [0.4, 0.5) is 0 Å². The van der Waals surface area contributed by atoms with E-state index >= 15 is 0 Å². The molecule has 1 aromatic rings. The monoisotopic (exact) mass is 359 g/mol. The van der Waals surface area contributed by atoms with E-state index in [0.29, 0.717) is 21.6 Å². The number of likely N-dealkylation sites (tertiary alicyclic amines) is 1. The first-order chi connectivity index (χ1) is 9.49. The van der Waals surface area contributed by atoms with E-state index in [9.17, 15) is 9.59 Å². The Hall–Kier alpha value is -1.07. The van der Waals surface area contributed by atoms with Gasteiger partial charge in [-0.1, -0.05) is 11.6 Å². The molecule has 4 nitrogen and oxygen atoms in total. The quantitative estimate of drug-likeness (QED) is 0.896. The summed E-state index contributed by atoms with van der Waals surface area (Å²) in [6, 6.07) is 4.78. The molecule has 20 heavy (non-hydrogen) atoms. The lowest BCUT2D eigenvalue weighted by atomic mass is 9.98. The summed E-state index contributed by atoms with van der Waals surface area (Å²) in [5, 5.41) is 9.51. The van der Waals surface area contributed by atoms with Crippen LogP contribution in [0.2, 0.25) is 5.02 Å². The molecule has 2 rings (SSSR count). The highest BCUT2D eigenvalue weighted by molar-refractivity contribution is 9.10. The van der Waals surface area contributed by atoms with Gasteiger partial charge in [-0.15, -0.1) is 0 Å². The fraction of sp³-hybridized carbons (Fsp3) is 0.429. The van der Waals surface area contributed by atoms with E-state index in [0.717, 1.165) is 19.3 Å². The summed E-state index contributed by atoms with van der Waals surface area (Å²) in [7, 11) is 0. The zero-order valence-corrected chi connectivity index (χ0v) is 13.2. The number of nitrogens with zero attached hydrogens (tertiary/aromatic N) is 1. The second-order valence-corrected chi connectivity index (χ2v) is 6.16. The van der Waals surface area contributed by atoms with Crippen LogP contribution in [-0.2, 0) is 4.79 Å². The van der Waals surface area contributed by atoms with E-state index in [1.807, 2.05) is 0 Å². The molecule has 108 valence electrons. The largest absolute Gasteiger partial charge is 0.481 e. The number of carboxylic acids is 1. The van der Waals surface area contributed by atoms with Gasteiger partial charge in [-0.05, 0) is 53.4 Å². The number of amides is 1. The molecule has 1 aliphatic rings. The van der Waals surface area contributed by atoms with E-state index in [4.69, 9.17) is 16.7 Å². The Labute approximate surface area is 130 Å². The van der Waals surface area contributed by atoms with Gasteiger partial charge < -0.3 is 10.0 Å². The number of carbonyl (C=O) groups is 2. The Kier molecular flexibility index (Phi) is 5.05. The number of carboxylic acid groups (broad SMARTS) is 1. The zero-order chi connectivity index (χ0) is 14.7. The normalized spacial score (nSPS) is 18.9. The summed E-state index contributed by atoms with van der Waals surface area (Å²) in [6.07, 6.45) is 2.61. The summed E-state index contributed by atoms with van der Waals surface area (Å²) in [4.78, 5) is 25.2. The van der Waals surface area contributed by atoms with Crippen LogP contribution in [0.25, 0.3) is 0 Å². The van der Waals surface area contributed by atoms with Crippen LogP contribution >= 0.6 is 27.5 Å². The highest BCUT2D eigenvalue weighted by Gasteiger charge is 2.29. The Balaban J connectivity index is 2.22. The molecule has 0 bridgehead atoms. The van der Waals surface area contributed by atoms with E-state index in [-0.39, 0.29) is 18.4 Å². The van der Waals surface area contributed by atoms with Crippen molar-refractivity contribution in [3.05, 3.63) is 33.3 Å². The molecule has 1 N–H and O–H groups in total. The Morgan fingerprint density at radius 2 is 2.15 bits per heavy atom. The third-order valence-electron chi connectivity index (χ3n) is 3.46. The average Bonchev–Trinajstić information content (AvgIpc) is 2.38. The molecule has 0 aromatic heterocycles. The van der Waals surface area contributed by atoms with Crippen LogP contribution in [0.15, 0.2) is 22.7 Å². The van der Waals surface area contributed by atoms with Gasteiger partial charge in [-0.2, -0.15) is 0 Å². The highest BCUT2D eigenvalue weighted by atomic mass is 79.9. The van der Waals surface area contributed by atoms with Gasteiger partial charge in [0.05, 0.1) is 12.0 Å². The number of benzene rings is 1. The molecule has 1 atom stereocenters. The minimum Gasteiger partial charge on any atom is -0.481 e. The molecule has 0 aliphatic carbocycles. The lowest BCUT2D eigenvalue weighted by Gasteiger charge is -2.35. The summed E-state index contributed by atoms with van der Waals surface area (Å²) >= 11 is 9.21. The first-order valence-corrected chi connectivity index (χ1v) is 7.64. The van der Waals surface area contributed by atoms with Crippen molar-refractivity contribution in [3.63, 3.8) is 0 Å². The topological polar surface area (TPSA) is 57.6 Å². The zero-order valence-electron chi connectivity index (χ0n) is 10.8. The Bertz CT molecular complexity index is 535. The van der Waals surface area contributed by atoms with Gasteiger partial charge in [0.15, 0.2) is 0 Å². The Morgan fingerprint density at radius 1 is 1.40 bits per heavy atom. The second kappa shape index (κ2) is 6.59. The maximum absolute atomic E-state index is 12.6. The standard InChI is InChI=1S/C14H15BrClNO3/c15-12-7-9(16)4-5-11(12)14(20)17-6-2-1-3-10(17)8-13(18)19/h4-5,7,10H,1-3,6,8H2,(H,18,19). The molecule has 1 aromatic carbocycles. The fourth-order valence-corrected chi connectivity index (χ4v) is 3.35. The van der Waals surface area contributed by atoms with Crippen LogP contribution in [0.5, 0.6) is 0 Å². The molecule has 1 unspecified atom stereocenters. The maximum Gasteiger partial charge on any atom is 0.305 e. The SMILES string of the molecule is O=C(O)CC1CCCCN1C(=O)c1ccc(Cl)cc1Br. The lowest BCUT2D eigenvalue weighted by Crippen LogP contribution is -2.44. The number of piperidine rings is 1. The fourth-order valence-electron chi connectivity index (χ4n) is 2.50. The van der Waals surface area contributed by atoms with Crippen molar-refractivity contribution in [2.75, 3.05) is 6.54 Å². The molecular weight excluding hydrogens is 346 g/mol. The minimum absolute atomic E-state index is 0.00303. The van der Waals surface area contributed by atoms with Gasteiger partial charge in [0, 0.05) is 22.1 Å². The third-order valence-corrected chi connectivity index (χ3v) is 4.35. The number of hydrogen-bond acceptors (Lipinski definition) is 2. The molecule has 1 aliphatic heterocycles. The molecule has 1 heterocycles. The van der Waals surface area contributed by atoms with Gasteiger partial charge in [0.2, 0.25) is 0 Å². The minimum atomic E-state index is -0.870. The van der Waals surface area contributed by atoms with E-state index in [1.54, 1.807) is 23.1 Å². The van der Waals surface area contributed by atoms with Gasteiger partial charge >= 0.3 is 5.97 Å². The van der Waals surface area contributed by atoms with Crippen molar-refractivity contribution in [1.82, 2.24) is 4.90 Å². The summed E-state index contributed by atoms with van der Waals surface area (Å²) in [6.45, 7) is 0.603. The third kappa shape index (κ3) is 3.52. The second-order valence-electron chi connectivity index (χ2n) is 4.87. The summed E-state index contributed by atoms with van der Waals surface area (Å²) in [5.74, 6) is -1.01. The average molecular weight is 361 g/mol. The van der Waals surface area contributed by atoms with Crippen molar-refractivity contribution < 1.29 is 14.7 Å². The van der Waals surface area contributed by atoms with Gasteiger partial charge in [0.1, 0.15) is 0 Å². The molecule has 1 fully saturated rings. The first kappa shape index (κ1) is 15.3. The maximum atomic E-state index is 12.6. The van der Waals surface area contributed by atoms with Gasteiger partial charge in [-0.25, -0.2) is 0 Å². The summed E-state index contributed by atoms with van der Waals surface area (Å²) < 4.78 is 0.634. The lowest BCUT2D eigenvalue weighted by molar-refractivity contribution is -0.138. The van der Waals surface area contributed by atoms with E-state index in [2.05, 4.69) is 15.9 Å². The molecule has 1 amide bonds. The van der Waals surface area contributed by atoms with Crippen LogP contribution in [-0.4, -0.2) is 34.5 Å². The van der Waals surface area contributed by atoms with Crippen molar-refractivity contribution in [2.45, 2.75) is 31.7 Å². The molecule has 0 spiro atoms. The van der Waals surface area contributed by atoms with Crippen molar-refractivity contribution in [2.24, 2.45) is 0 Å². The van der Waals surface area contributed by atoms with Gasteiger partial charge in [0.25, 0.3) is 5.91 Å². The van der Waals surface area contributed by atoms with Crippen LogP contribution in [0.3, 0.4) is 0 Å². The molecule has 1 saturated heterocycles. The summed E-state index contributed by atoms with van der Waals surface area (Å²) in [5.41, 5.74) is 0.520. The van der Waals surface area contributed by atoms with E-state index < -0.39 is 5.97 Å². The highest BCUT2D eigenvalue weighted by Crippen LogP contribution is 2.27. The van der Waals surface area contributed by atoms with Crippen molar-refractivity contribution in [1.29, 1.82) is 0 Å². The number of carbonyl (C=O) groups excluding carboxylic acids is 1. The smallest absolute Gasteiger partial charge is 0.305 e. The number of halogens is 2. The number of rotatable bonds is 3. The first-order valence-electron chi connectivity index (χ1n) is 6.47. The van der Waals surface area contributed by atoms with Gasteiger partial charge in [-0.3, -0.25) is 9.59 Å². The predicted octanol–water partition coefficient (Wildman–Crippen LogP) is 3.57. The van der Waals surface area contributed by atoms with Crippen LogP contribution < -0.4 is 0 Å². The predicted molar refractivity (Wildman–Crippen MR) is 80.1 cm³/mol. The molecule has 0 saturated carbocycles.